The minimum Gasteiger partial charge on any atom is -0.294 e. The summed E-state index contributed by atoms with van der Waals surface area (Å²) in [5, 5.41) is 0. The smallest absolute Gasteiger partial charge is 0.161 e. The molecule has 1 nitrogen and oxygen atoms in total. The van der Waals surface area contributed by atoms with Crippen LogP contribution in [0.5, 0.6) is 0 Å². The van der Waals surface area contributed by atoms with Gasteiger partial charge in [-0.05, 0) is 37.3 Å². The number of carbonyl (C=O) groups excluding carboxylic acids is 1. The average Bonchev–Trinajstić information content (AvgIpc) is 3.17. The Morgan fingerprint density at radius 1 is 1.22 bits per heavy atom. The lowest BCUT2D eigenvalue weighted by molar-refractivity contribution is -0.115. The molecule has 1 aromatic rings. The van der Waals surface area contributed by atoms with Crippen molar-refractivity contribution in [3.8, 4) is 0 Å². The number of hydrogen-bond donors (Lipinski definition) is 0. The predicted molar refractivity (Wildman–Crippen MR) is 82.1 cm³/mol. The van der Waals surface area contributed by atoms with E-state index in [1.165, 1.54) is 11.1 Å². The maximum Gasteiger partial charge on any atom is 0.161 e. The molecule has 2 unspecified atom stereocenters. The zero-order valence-corrected chi connectivity index (χ0v) is 12.6. The van der Waals surface area contributed by atoms with Crippen molar-refractivity contribution in [3.05, 3.63) is 45.7 Å². The average molecular weight is 278 g/mol. The number of thioether (sulfide) groups is 2. The zero-order valence-electron chi connectivity index (χ0n) is 11.0. The van der Waals surface area contributed by atoms with Crippen molar-refractivity contribution in [1.82, 2.24) is 0 Å². The van der Waals surface area contributed by atoms with Crippen LogP contribution in [0.3, 0.4) is 0 Å². The lowest BCUT2D eigenvalue weighted by Gasteiger charge is -2.01. The quantitative estimate of drug-likeness (QED) is 0.750. The first-order valence-corrected chi connectivity index (χ1v) is 8.50. The van der Waals surface area contributed by atoms with Crippen LogP contribution in [0, 0.1) is 12.8 Å². The fourth-order valence-electron chi connectivity index (χ4n) is 2.12. The van der Waals surface area contributed by atoms with E-state index in [1.54, 1.807) is 23.5 Å². The summed E-state index contributed by atoms with van der Waals surface area (Å²) in [5.41, 5.74) is 2.58. The first-order chi connectivity index (χ1) is 8.65. The van der Waals surface area contributed by atoms with Crippen molar-refractivity contribution in [2.45, 2.75) is 19.3 Å². The third-order valence-corrected chi connectivity index (χ3v) is 5.36. The third kappa shape index (κ3) is 3.21. The normalized spacial score (nSPS) is 21.5. The lowest BCUT2D eigenvalue weighted by Crippen LogP contribution is -1.98. The van der Waals surface area contributed by atoms with E-state index in [0.717, 1.165) is 10.7 Å². The van der Waals surface area contributed by atoms with Gasteiger partial charge in [-0.15, -0.1) is 23.5 Å². The van der Waals surface area contributed by atoms with Gasteiger partial charge in [0.15, 0.2) is 5.78 Å². The van der Waals surface area contributed by atoms with Crippen LogP contribution in [0.15, 0.2) is 34.6 Å². The molecule has 2 rings (SSSR count). The Balaban J connectivity index is 2.01. The van der Waals surface area contributed by atoms with E-state index in [0.29, 0.717) is 11.7 Å². The van der Waals surface area contributed by atoms with Crippen LogP contribution in [0.1, 0.15) is 23.5 Å². The molecule has 0 amide bonds. The van der Waals surface area contributed by atoms with Crippen LogP contribution in [0.2, 0.25) is 0 Å². The third-order valence-electron chi connectivity index (χ3n) is 3.32. The van der Waals surface area contributed by atoms with Crippen LogP contribution >= 0.6 is 23.5 Å². The number of ketones is 1. The Hall–Kier alpha value is -0.670. The summed E-state index contributed by atoms with van der Waals surface area (Å²) in [7, 11) is 0. The molecular formula is C15H18OS2. The summed E-state index contributed by atoms with van der Waals surface area (Å²) in [6, 6.07) is 8.56. The molecule has 0 N–H and O–H groups in total. The van der Waals surface area contributed by atoms with Crippen LogP contribution < -0.4 is 0 Å². The summed E-state index contributed by atoms with van der Waals surface area (Å²) >= 11 is 3.29. The van der Waals surface area contributed by atoms with Gasteiger partial charge in [0.05, 0.1) is 0 Å². The highest BCUT2D eigenvalue weighted by atomic mass is 32.2. The zero-order chi connectivity index (χ0) is 13.1. The summed E-state index contributed by atoms with van der Waals surface area (Å²) in [4.78, 5) is 12.1. The maximum atomic E-state index is 12.1. The Kier molecular flexibility index (Phi) is 4.57. The minimum absolute atomic E-state index is 0.210. The van der Waals surface area contributed by atoms with Crippen molar-refractivity contribution < 1.29 is 4.79 Å². The van der Waals surface area contributed by atoms with Crippen LogP contribution in [-0.4, -0.2) is 18.3 Å². The summed E-state index contributed by atoms with van der Waals surface area (Å²) < 4.78 is 1.11. The number of rotatable bonds is 5. The van der Waals surface area contributed by atoms with Crippen LogP contribution in [0.4, 0.5) is 0 Å². The van der Waals surface area contributed by atoms with E-state index in [4.69, 9.17) is 0 Å². The van der Waals surface area contributed by atoms with Crippen molar-refractivity contribution in [2.24, 2.45) is 5.92 Å². The molecular weight excluding hydrogens is 260 g/mol. The van der Waals surface area contributed by atoms with Gasteiger partial charge < -0.3 is 0 Å². The number of carbonyl (C=O) groups is 1. The molecule has 96 valence electrons. The first-order valence-electron chi connectivity index (χ1n) is 6.05. The van der Waals surface area contributed by atoms with Gasteiger partial charge in [-0.1, -0.05) is 29.8 Å². The molecule has 1 fully saturated rings. The van der Waals surface area contributed by atoms with E-state index in [-0.39, 0.29) is 5.92 Å². The second kappa shape index (κ2) is 5.98. The molecule has 0 bridgehead atoms. The van der Waals surface area contributed by atoms with E-state index >= 15 is 0 Å². The Morgan fingerprint density at radius 3 is 2.39 bits per heavy atom. The molecule has 0 heterocycles. The molecule has 0 saturated heterocycles. The molecule has 1 aliphatic carbocycles. The molecule has 0 spiro atoms. The Bertz CT molecular complexity index is 456. The minimum atomic E-state index is 0.210. The SMILES string of the molecule is CSC(=CC(=O)C1CC1c1ccc(C)cc1)SC. The van der Waals surface area contributed by atoms with Gasteiger partial charge in [-0.3, -0.25) is 4.79 Å². The van der Waals surface area contributed by atoms with Gasteiger partial charge in [0.1, 0.15) is 0 Å². The molecule has 18 heavy (non-hydrogen) atoms. The lowest BCUT2D eigenvalue weighted by atomic mass is 10.1. The molecule has 3 heteroatoms. The molecule has 1 aliphatic rings. The number of benzene rings is 1. The van der Waals surface area contributed by atoms with E-state index in [9.17, 15) is 4.79 Å². The second-order valence-corrected chi connectivity index (χ2v) is 6.59. The van der Waals surface area contributed by atoms with Crippen LogP contribution in [0.25, 0.3) is 0 Å². The topological polar surface area (TPSA) is 17.1 Å². The monoisotopic (exact) mass is 278 g/mol. The standard InChI is InChI=1S/C15H18OS2/c1-10-4-6-11(7-5-10)12-8-13(12)14(16)9-15(17-2)18-3/h4-7,9,12-13H,8H2,1-3H3. The highest BCUT2D eigenvalue weighted by Gasteiger charge is 2.42. The van der Waals surface area contributed by atoms with Crippen molar-refractivity contribution in [2.75, 3.05) is 12.5 Å². The first kappa shape index (κ1) is 13.8. The summed E-state index contributed by atoms with van der Waals surface area (Å²) in [6.45, 7) is 2.09. The van der Waals surface area contributed by atoms with Crippen molar-refractivity contribution in [3.63, 3.8) is 0 Å². The Labute approximate surface area is 117 Å². The summed E-state index contributed by atoms with van der Waals surface area (Å²) in [6.07, 6.45) is 6.85. The molecule has 2 atom stereocenters. The van der Waals surface area contributed by atoms with Gasteiger partial charge in [-0.25, -0.2) is 0 Å². The molecule has 0 aromatic heterocycles. The van der Waals surface area contributed by atoms with Gasteiger partial charge in [-0.2, -0.15) is 0 Å². The fraction of sp³-hybridized carbons (Fsp3) is 0.400. The molecule has 0 radical (unpaired) electrons. The number of allylic oxidation sites excluding steroid dienone is 1. The number of aryl methyl sites for hydroxylation is 1. The largest absolute Gasteiger partial charge is 0.294 e. The second-order valence-electron chi connectivity index (χ2n) is 4.63. The highest BCUT2D eigenvalue weighted by molar-refractivity contribution is 8.21. The van der Waals surface area contributed by atoms with E-state index in [2.05, 4.69) is 31.2 Å². The van der Waals surface area contributed by atoms with Crippen molar-refractivity contribution in [1.29, 1.82) is 0 Å². The van der Waals surface area contributed by atoms with Crippen molar-refractivity contribution >= 4 is 29.3 Å². The van der Waals surface area contributed by atoms with Gasteiger partial charge in [0, 0.05) is 16.2 Å². The van der Waals surface area contributed by atoms with Crippen LogP contribution in [-0.2, 0) is 4.79 Å². The molecule has 1 aromatic carbocycles. The predicted octanol–water partition coefficient (Wildman–Crippen LogP) is 4.24. The highest BCUT2D eigenvalue weighted by Crippen LogP contribution is 2.48. The summed E-state index contributed by atoms with van der Waals surface area (Å²) in [5.74, 6) is 0.945. The van der Waals surface area contributed by atoms with Gasteiger partial charge in [0.25, 0.3) is 0 Å². The van der Waals surface area contributed by atoms with E-state index < -0.39 is 0 Å². The molecule has 0 aliphatic heterocycles. The maximum absolute atomic E-state index is 12.1. The van der Waals surface area contributed by atoms with E-state index in [1.807, 2.05) is 18.6 Å². The van der Waals surface area contributed by atoms with Gasteiger partial charge in [0.2, 0.25) is 0 Å². The number of hydrogen-bond acceptors (Lipinski definition) is 3. The Morgan fingerprint density at radius 2 is 1.83 bits per heavy atom. The van der Waals surface area contributed by atoms with Gasteiger partial charge >= 0.3 is 0 Å². The fourth-order valence-corrected chi connectivity index (χ4v) is 3.25. The molecule has 1 saturated carbocycles.